The fourth-order valence-electron chi connectivity index (χ4n) is 3.38. The first-order chi connectivity index (χ1) is 14.7. The van der Waals surface area contributed by atoms with Crippen molar-refractivity contribution in [3.8, 4) is 16.9 Å². The van der Waals surface area contributed by atoms with E-state index >= 15 is 0 Å². The highest BCUT2D eigenvalue weighted by Crippen LogP contribution is 2.36. The molecule has 0 unspecified atom stereocenters. The van der Waals surface area contributed by atoms with E-state index in [1.165, 1.54) is 6.33 Å². The smallest absolute Gasteiger partial charge is 0.159 e. The van der Waals surface area contributed by atoms with Gasteiger partial charge in [0.15, 0.2) is 5.82 Å². The van der Waals surface area contributed by atoms with Crippen molar-refractivity contribution in [2.75, 3.05) is 5.43 Å². The van der Waals surface area contributed by atoms with Crippen LogP contribution in [0.4, 0.5) is 5.82 Å². The van der Waals surface area contributed by atoms with E-state index in [-0.39, 0.29) is 5.75 Å². The fourth-order valence-corrected chi connectivity index (χ4v) is 4.42. The van der Waals surface area contributed by atoms with Crippen LogP contribution in [-0.4, -0.2) is 21.3 Å². The molecule has 0 atom stereocenters. The topological polar surface area (TPSA) is 70.4 Å². The van der Waals surface area contributed by atoms with Crippen LogP contribution in [0.3, 0.4) is 0 Å². The lowest BCUT2D eigenvalue weighted by molar-refractivity contribution is 0.475. The molecule has 30 heavy (non-hydrogen) atoms. The molecule has 2 N–H and O–H groups in total. The maximum atomic E-state index is 10.3. The number of halogens is 1. The van der Waals surface area contributed by atoms with Gasteiger partial charge in [-0.3, -0.25) is 5.43 Å². The molecule has 0 saturated heterocycles. The molecular formula is C23H15ClN4OS. The van der Waals surface area contributed by atoms with Crippen molar-refractivity contribution in [3.63, 3.8) is 0 Å². The van der Waals surface area contributed by atoms with Crippen molar-refractivity contribution in [2.24, 2.45) is 5.10 Å². The summed E-state index contributed by atoms with van der Waals surface area (Å²) in [5, 5.41) is 20.3. The van der Waals surface area contributed by atoms with Gasteiger partial charge < -0.3 is 5.11 Å². The first kappa shape index (κ1) is 18.5. The number of thiophene rings is 1. The van der Waals surface area contributed by atoms with Gasteiger partial charge in [-0.2, -0.15) is 5.10 Å². The van der Waals surface area contributed by atoms with Crippen molar-refractivity contribution in [1.82, 2.24) is 9.97 Å². The molecule has 3 aromatic carbocycles. The Morgan fingerprint density at radius 1 is 1.00 bits per heavy atom. The molecule has 0 aliphatic carbocycles. The number of phenolic OH excluding ortho intramolecular Hbond substituents is 1. The van der Waals surface area contributed by atoms with Crippen LogP contribution >= 0.6 is 22.9 Å². The van der Waals surface area contributed by atoms with Crippen LogP contribution in [0.5, 0.6) is 5.75 Å². The van der Waals surface area contributed by atoms with Gasteiger partial charge in [-0.25, -0.2) is 9.97 Å². The maximum absolute atomic E-state index is 10.3. The summed E-state index contributed by atoms with van der Waals surface area (Å²) in [6.45, 7) is 0. The summed E-state index contributed by atoms with van der Waals surface area (Å²) in [5.41, 5.74) is 5.71. The average molecular weight is 431 g/mol. The Hall–Kier alpha value is -3.48. The summed E-state index contributed by atoms with van der Waals surface area (Å²) in [4.78, 5) is 9.62. The van der Waals surface area contributed by atoms with Gasteiger partial charge in [0.25, 0.3) is 0 Å². The van der Waals surface area contributed by atoms with E-state index < -0.39 is 0 Å². The van der Waals surface area contributed by atoms with E-state index in [4.69, 9.17) is 11.6 Å². The van der Waals surface area contributed by atoms with Gasteiger partial charge in [0.1, 0.15) is 16.9 Å². The van der Waals surface area contributed by atoms with Gasteiger partial charge in [0, 0.05) is 21.5 Å². The minimum atomic E-state index is 0.171. The van der Waals surface area contributed by atoms with Crippen LogP contribution in [0.25, 0.3) is 32.1 Å². The third-order valence-corrected chi connectivity index (χ3v) is 5.98. The minimum Gasteiger partial charge on any atom is -0.507 e. The molecule has 2 aromatic heterocycles. The lowest BCUT2D eigenvalue weighted by atomic mass is 10.0. The number of aromatic nitrogens is 2. The second-order valence-electron chi connectivity index (χ2n) is 6.65. The van der Waals surface area contributed by atoms with Gasteiger partial charge >= 0.3 is 0 Å². The number of hydrazone groups is 1. The highest BCUT2D eigenvalue weighted by atomic mass is 35.5. The second kappa shape index (κ2) is 7.74. The molecule has 2 heterocycles. The van der Waals surface area contributed by atoms with Gasteiger partial charge in [-0.05, 0) is 34.5 Å². The van der Waals surface area contributed by atoms with E-state index in [0.29, 0.717) is 16.4 Å². The summed E-state index contributed by atoms with van der Waals surface area (Å²) in [7, 11) is 0. The third kappa shape index (κ3) is 3.36. The van der Waals surface area contributed by atoms with E-state index in [9.17, 15) is 5.11 Å². The zero-order valence-electron chi connectivity index (χ0n) is 15.6. The number of hydrogen-bond donors (Lipinski definition) is 2. The standard InChI is InChI=1S/C23H15ClN4OS/c24-16-8-5-15(6-9-16)19-12-30-23-21(19)22(25-13-26-23)28-27-11-18-17-4-2-1-3-14(17)7-10-20(18)29/h1-13,29H,(H,25,26,28)/b27-11-. The van der Waals surface area contributed by atoms with Crippen LogP contribution < -0.4 is 5.43 Å². The Morgan fingerprint density at radius 3 is 2.70 bits per heavy atom. The molecule has 5 nitrogen and oxygen atoms in total. The number of benzene rings is 3. The van der Waals surface area contributed by atoms with Crippen molar-refractivity contribution in [2.45, 2.75) is 0 Å². The normalized spacial score (nSPS) is 11.5. The maximum Gasteiger partial charge on any atom is 0.159 e. The fraction of sp³-hybridized carbons (Fsp3) is 0. The molecule has 7 heteroatoms. The second-order valence-corrected chi connectivity index (χ2v) is 7.94. The predicted octanol–water partition coefficient (Wildman–Crippen LogP) is 6.32. The molecule has 0 spiro atoms. The molecule has 0 aliphatic heterocycles. The summed E-state index contributed by atoms with van der Waals surface area (Å²) in [6.07, 6.45) is 3.12. The van der Waals surface area contributed by atoms with Crippen molar-refractivity contribution >= 4 is 56.0 Å². The molecule has 0 saturated carbocycles. The number of hydrogen-bond acceptors (Lipinski definition) is 6. The molecule has 0 radical (unpaired) electrons. The Morgan fingerprint density at radius 2 is 1.83 bits per heavy atom. The Balaban J connectivity index is 1.53. The van der Waals surface area contributed by atoms with Gasteiger partial charge in [-0.15, -0.1) is 11.3 Å². The molecule has 0 fully saturated rings. The molecular weight excluding hydrogens is 416 g/mol. The molecule has 0 amide bonds. The summed E-state index contributed by atoms with van der Waals surface area (Å²) >= 11 is 7.57. The number of nitrogens with one attached hydrogen (secondary N) is 1. The van der Waals surface area contributed by atoms with Crippen LogP contribution in [-0.2, 0) is 0 Å². The van der Waals surface area contributed by atoms with E-state index in [0.717, 1.165) is 32.1 Å². The monoisotopic (exact) mass is 430 g/mol. The zero-order chi connectivity index (χ0) is 20.5. The Bertz CT molecular complexity index is 1400. The van der Waals surface area contributed by atoms with Crippen molar-refractivity contribution in [1.29, 1.82) is 0 Å². The number of nitrogens with zero attached hydrogens (tertiary/aromatic N) is 3. The Kier molecular flexibility index (Phi) is 4.78. The molecule has 5 rings (SSSR count). The van der Waals surface area contributed by atoms with Crippen LogP contribution in [0.1, 0.15) is 5.56 Å². The third-order valence-electron chi connectivity index (χ3n) is 4.84. The highest BCUT2D eigenvalue weighted by Gasteiger charge is 2.13. The van der Waals surface area contributed by atoms with Crippen LogP contribution in [0, 0.1) is 0 Å². The summed E-state index contributed by atoms with van der Waals surface area (Å²) in [6, 6.07) is 19.1. The van der Waals surface area contributed by atoms with Crippen LogP contribution in [0.15, 0.2) is 77.5 Å². The van der Waals surface area contributed by atoms with E-state index in [2.05, 4.69) is 20.5 Å². The van der Waals surface area contributed by atoms with Gasteiger partial charge in [-0.1, -0.05) is 54.1 Å². The van der Waals surface area contributed by atoms with Gasteiger partial charge in [0.05, 0.1) is 11.6 Å². The predicted molar refractivity (Wildman–Crippen MR) is 125 cm³/mol. The summed E-state index contributed by atoms with van der Waals surface area (Å²) in [5.74, 6) is 0.770. The van der Waals surface area contributed by atoms with E-state index in [1.807, 2.05) is 60.0 Å². The number of phenols is 1. The SMILES string of the molecule is Oc1ccc2ccccc2c1/C=N\Nc1ncnc2scc(-c3ccc(Cl)cc3)c12. The lowest BCUT2D eigenvalue weighted by Gasteiger charge is -2.06. The number of fused-ring (bicyclic) bond motifs is 2. The molecule has 0 aliphatic rings. The lowest BCUT2D eigenvalue weighted by Crippen LogP contribution is -1.96. The summed E-state index contributed by atoms with van der Waals surface area (Å²) < 4.78 is 0. The first-order valence-electron chi connectivity index (χ1n) is 9.18. The largest absolute Gasteiger partial charge is 0.507 e. The molecule has 146 valence electrons. The van der Waals surface area contributed by atoms with Crippen molar-refractivity contribution < 1.29 is 5.11 Å². The average Bonchev–Trinajstić information content (AvgIpc) is 3.21. The first-order valence-corrected chi connectivity index (χ1v) is 10.4. The van der Waals surface area contributed by atoms with E-state index in [1.54, 1.807) is 23.6 Å². The quantitative estimate of drug-likeness (QED) is 0.258. The zero-order valence-corrected chi connectivity index (χ0v) is 17.2. The number of rotatable bonds is 4. The van der Waals surface area contributed by atoms with Crippen molar-refractivity contribution in [3.05, 3.63) is 83.0 Å². The Labute approximate surface area is 181 Å². The molecule has 5 aromatic rings. The van der Waals surface area contributed by atoms with Gasteiger partial charge in [0.2, 0.25) is 0 Å². The molecule has 0 bridgehead atoms. The number of aromatic hydroxyl groups is 1. The minimum absolute atomic E-state index is 0.171. The van der Waals surface area contributed by atoms with Crippen LogP contribution in [0.2, 0.25) is 5.02 Å². The highest BCUT2D eigenvalue weighted by molar-refractivity contribution is 7.17. The number of anilines is 1.